The molecule has 0 aromatic heterocycles. The maximum Gasteiger partial charge on any atom is 0.260 e. The SMILES string of the molecule is COCCS(=O)(=O)N1CCN(C(=O)COc2ccccc2OC)CC1. The molecule has 1 fully saturated rings. The Morgan fingerprint density at radius 1 is 1.08 bits per heavy atom. The second kappa shape index (κ2) is 9.02. The van der Waals surface area contributed by atoms with Gasteiger partial charge in [0.15, 0.2) is 18.1 Å². The zero-order chi connectivity index (χ0) is 18.3. The average Bonchev–Trinajstić information content (AvgIpc) is 2.64. The third-order valence-corrected chi connectivity index (χ3v) is 5.78. The molecule has 0 atom stereocenters. The largest absolute Gasteiger partial charge is 0.493 e. The normalized spacial score (nSPS) is 15.8. The van der Waals surface area contributed by atoms with E-state index < -0.39 is 10.0 Å². The number of carbonyl (C=O) groups is 1. The summed E-state index contributed by atoms with van der Waals surface area (Å²) in [6, 6.07) is 7.10. The number of ether oxygens (including phenoxy) is 3. The van der Waals surface area contributed by atoms with Gasteiger partial charge < -0.3 is 19.1 Å². The van der Waals surface area contributed by atoms with Crippen LogP contribution in [0.25, 0.3) is 0 Å². The number of rotatable bonds is 8. The van der Waals surface area contributed by atoms with Crippen molar-refractivity contribution in [3.05, 3.63) is 24.3 Å². The minimum absolute atomic E-state index is 0.0473. The molecule has 1 amide bonds. The number of para-hydroxylation sites is 2. The van der Waals surface area contributed by atoms with E-state index in [1.807, 2.05) is 6.07 Å². The first-order chi connectivity index (χ1) is 12.0. The van der Waals surface area contributed by atoms with Crippen LogP contribution in [-0.4, -0.2) is 82.9 Å². The van der Waals surface area contributed by atoms with Crippen LogP contribution in [-0.2, 0) is 19.6 Å². The van der Waals surface area contributed by atoms with Crippen LogP contribution in [0.4, 0.5) is 0 Å². The van der Waals surface area contributed by atoms with E-state index in [-0.39, 0.29) is 38.0 Å². The van der Waals surface area contributed by atoms with Gasteiger partial charge in [0.05, 0.1) is 19.5 Å². The van der Waals surface area contributed by atoms with E-state index >= 15 is 0 Å². The van der Waals surface area contributed by atoms with E-state index in [1.165, 1.54) is 18.5 Å². The van der Waals surface area contributed by atoms with Crippen LogP contribution >= 0.6 is 0 Å². The number of sulfonamides is 1. The first-order valence-electron chi connectivity index (χ1n) is 7.98. The third kappa shape index (κ3) is 5.32. The van der Waals surface area contributed by atoms with Crippen LogP contribution in [0.1, 0.15) is 0 Å². The standard InChI is InChI=1S/C16H24N2O6S/c1-22-11-12-25(20,21)18-9-7-17(8-10-18)16(19)13-24-15-6-4-3-5-14(15)23-2/h3-6H,7-13H2,1-2H3. The van der Waals surface area contributed by atoms with E-state index in [4.69, 9.17) is 14.2 Å². The summed E-state index contributed by atoms with van der Waals surface area (Å²) in [5.74, 6) is 0.831. The van der Waals surface area contributed by atoms with Crippen molar-refractivity contribution >= 4 is 15.9 Å². The van der Waals surface area contributed by atoms with Gasteiger partial charge in [0.2, 0.25) is 10.0 Å². The Hall–Kier alpha value is -1.84. The fraction of sp³-hybridized carbons (Fsp3) is 0.562. The molecule has 0 saturated carbocycles. The maximum absolute atomic E-state index is 12.3. The quantitative estimate of drug-likeness (QED) is 0.648. The number of benzene rings is 1. The summed E-state index contributed by atoms with van der Waals surface area (Å²) >= 11 is 0. The minimum Gasteiger partial charge on any atom is -0.493 e. The fourth-order valence-corrected chi connectivity index (χ4v) is 3.86. The Morgan fingerprint density at radius 3 is 2.32 bits per heavy atom. The molecule has 1 aliphatic heterocycles. The summed E-state index contributed by atoms with van der Waals surface area (Å²) < 4.78 is 41.1. The summed E-state index contributed by atoms with van der Waals surface area (Å²) in [4.78, 5) is 13.9. The molecule has 1 aliphatic rings. The van der Waals surface area contributed by atoms with Gasteiger partial charge in [0, 0.05) is 33.3 Å². The van der Waals surface area contributed by atoms with Crippen molar-refractivity contribution in [3.8, 4) is 11.5 Å². The van der Waals surface area contributed by atoms with Gasteiger partial charge in [-0.1, -0.05) is 12.1 Å². The van der Waals surface area contributed by atoms with E-state index in [0.29, 0.717) is 24.6 Å². The Morgan fingerprint density at radius 2 is 1.72 bits per heavy atom. The lowest BCUT2D eigenvalue weighted by atomic mass is 10.3. The van der Waals surface area contributed by atoms with Crippen LogP contribution in [0.15, 0.2) is 24.3 Å². The second-order valence-electron chi connectivity index (χ2n) is 5.53. The first-order valence-corrected chi connectivity index (χ1v) is 9.59. The summed E-state index contributed by atoms with van der Waals surface area (Å²) in [6.07, 6.45) is 0. The minimum atomic E-state index is -3.34. The maximum atomic E-state index is 12.3. The molecular weight excluding hydrogens is 348 g/mol. The molecule has 0 bridgehead atoms. The van der Waals surface area contributed by atoms with Crippen molar-refractivity contribution in [2.75, 3.05) is 59.4 Å². The monoisotopic (exact) mass is 372 g/mol. The fourth-order valence-electron chi connectivity index (χ4n) is 2.50. The van der Waals surface area contributed by atoms with Crippen molar-refractivity contribution in [2.24, 2.45) is 0 Å². The lowest BCUT2D eigenvalue weighted by molar-refractivity contribution is -0.134. The van der Waals surface area contributed by atoms with Crippen molar-refractivity contribution < 1.29 is 27.4 Å². The van der Waals surface area contributed by atoms with Crippen molar-refractivity contribution in [1.29, 1.82) is 0 Å². The number of carbonyl (C=O) groups excluding carboxylic acids is 1. The van der Waals surface area contributed by atoms with Crippen LogP contribution in [0.3, 0.4) is 0 Å². The zero-order valence-corrected chi connectivity index (χ0v) is 15.3. The van der Waals surface area contributed by atoms with Crippen LogP contribution in [0.2, 0.25) is 0 Å². The number of hydrogen-bond donors (Lipinski definition) is 0. The van der Waals surface area contributed by atoms with Gasteiger partial charge in [-0.15, -0.1) is 0 Å². The van der Waals surface area contributed by atoms with Crippen LogP contribution in [0.5, 0.6) is 11.5 Å². The number of methoxy groups -OCH3 is 2. The topological polar surface area (TPSA) is 85.4 Å². The molecule has 0 aliphatic carbocycles. The summed E-state index contributed by atoms with van der Waals surface area (Å²) in [5.41, 5.74) is 0. The van der Waals surface area contributed by atoms with E-state index in [0.717, 1.165) is 0 Å². The summed E-state index contributed by atoms with van der Waals surface area (Å²) in [6.45, 7) is 1.31. The summed E-state index contributed by atoms with van der Waals surface area (Å²) in [5, 5.41) is 0. The first kappa shape index (κ1) is 19.5. The number of piperazine rings is 1. The highest BCUT2D eigenvalue weighted by atomic mass is 32.2. The molecular formula is C16H24N2O6S. The van der Waals surface area contributed by atoms with Crippen LogP contribution in [0, 0.1) is 0 Å². The van der Waals surface area contributed by atoms with Gasteiger partial charge in [-0.3, -0.25) is 4.79 Å². The number of amides is 1. The molecule has 2 rings (SSSR count). The van der Waals surface area contributed by atoms with Gasteiger partial charge in [-0.25, -0.2) is 8.42 Å². The second-order valence-corrected chi connectivity index (χ2v) is 7.62. The highest BCUT2D eigenvalue weighted by Crippen LogP contribution is 2.25. The highest BCUT2D eigenvalue weighted by molar-refractivity contribution is 7.89. The molecule has 1 heterocycles. The predicted octanol–water partition coefficient (Wildman–Crippen LogP) is 0.194. The van der Waals surface area contributed by atoms with Crippen LogP contribution < -0.4 is 9.47 Å². The molecule has 0 N–H and O–H groups in total. The Bertz CT molecular complexity index is 671. The Labute approximate surface area is 148 Å². The molecule has 0 radical (unpaired) electrons. The van der Waals surface area contributed by atoms with E-state index in [1.54, 1.807) is 23.1 Å². The van der Waals surface area contributed by atoms with Gasteiger partial charge in [0.25, 0.3) is 5.91 Å². The van der Waals surface area contributed by atoms with Crippen molar-refractivity contribution in [1.82, 2.24) is 9.21 Å². The highest BCUT2D eigenvalue weighted by Gasteiger charge is 2.28. The molecule has 0 spiro atoms. The third-order valence-electron chi connectivity index (χ3n) is 3.95. The van der Waals surface area contributed by atoms with Crippen molar-refractivity contribution in [2.45, 2.75) is 0 Å². The molecule has 8 nitrogen and oxygen atoms in total. The molecule has 140 valence electrons. The summed E-state index contributed by atoms with van der Waals surface area (Å²) in [7, 11) is -0.335. The van der Waals surface area contributed by atoms with Gasteiger partial charge in [-0.05, 0) is 12.1 Å². The lowest BCUT2D eigenvalue weighted by Gasteiger charge is -2.33. The molecule has 1 aromatic carbocycles. The lowest BCUT2D eigenvalue weighted by Crippen LogP contribution is -2.52. The Balaban J connectivity index is 1.83. The van der Waals surface area contributed by atoms with E-state index in [2.05, 4.69) is 0 Å². The molecule has 1 saturated heterocycles. The van der Waals surface area contributed by atoms with Gasteiger partial charge in [0.1, 0.15) is 0 Å². The smallest absolute Gasteiger partial charge is 0.260 e. The predicted molar refractivity (Wildman–Crippen MR) is 92.3 cm³/mol. The molecule has 0 unspecified atom stereocenters. The van der Waals surface area contributed by atoms with Gasteiger partial charge in [-0.2, -0.15) is 4.31 Å². The Kier molecular flexibility index (Phi) is 7.03. The number of hydrogen-bond acceptors (Lipinski definition) is 6. The number of nitrogens with zero attached hydrogens (tertiary/aromatic N) is 2. The van der Waals surface area contributed by atoms with E-state index in [9.17, 15) is 13.2 Å². The zero-order valence-electron chi connectivity index (χ0n) is 14.5. The molecule has 25 heavy (non-hydrogen) atoms. The molecule has 1 aromatic rings. The van der Waals surface area contributed by atoms with Gasteiger partial charge >= 0.3 is 0 Å². The average molecular weight is 372 g/mol. The van der Waals surface area contributed by atoms with Crippen molar-refractivity contribution in [3.63, 3.8) is 0 Å². The molecule has 9 heteroatoms.